The quantitative estimate of drug-likeness (QED) is 0.521. The van der Waals surface area contributed by atoms with Crippen molar-refractivity contribution in [3.05, 3.63) is 25.3 Å². The van der Waals surface area contributed by atoms with Crippen LogP contribution in [-0.4, -0.2) is 6.18 Å². The lowest BCUT2D eigenvalue weighted by Crippen LogP contribution is -1.95. The van der Waals surface area contributed by atoms with E-state index < -0.39 is 6.18 Å². The highest BCUT2D eigenvalue weighted by Gasteiger charge is 2.15. The zero-order valence-electron chi connectivity index (χ0n) is 9.20. The van der Waals surface area contributed by atoms with Gasteiger partial charge in [-0.1, -0.05) is 53.0 Å². The molecule has 0 atom stereocenters. The first kappa shape index (κ1) is 22.8. The van der Waals surface area contributed by atoms with E-state index in [1.807, 2.05) is 27.7 Å². The number of rotatable bonds is 1. The van der Waals surface area contributed by atoms with Gasteiger partial charge in [0.05, 0.1) is 0 Å². The van der Waals surface area contributed by atoms with Crippen molar-refractivity contribution in [2.75, 3.05) is 0 Å². The molecule has 0 bridgehead atoms. The summed E-state index contributed by atoms with van der Waals surface area (Å²) in [6.45, 7) is 14.9. The summed E-state index contributed by atoms with van der Waals surface area (Å²) in [5.41, 5.74) is 0. The van der Waals surface area contributed by atoms with Gasteiger partial charge < -0.3 is 0 Å². The zero-order chi connectivity index (χ0) is 11.9. The molecule has 0 fully saturated rings. The minimum Gasteiger partial charge on any atom is -0.172 e. The SMILES string of the molecule is C=CC=C.CC.CC.CC(F)(F)F. The maximum absolute atomic E-state index is 10.4. The van der Waals surface area contributed by atoms with Gasteiger partial charge in [-0.15, -0.1) is 0 Å². The summed E-state index contributed by atoms with van der Waals surface area (Å²) in [5, 5.41) is 0. The van der Waals surface area contributed by atoms with E-state index >= 15 is 0 Å². The van der Waals surface area contributed by atoms with Crippen molar-refractivity contribution in [3.8, 4) is 0 Å². The van der Waals surface area contributed by atoms with Crippen LogP contribution in [0.2, 0.25) is 0 Å². The molecule has 0 aliphatic rings. The Morgan fingerprint density at radius 3 is 0.923 bits per heavy atom. The summed E-state index contributed by atoms with van der Waals surface area (Å²) in [4.78, 5) is 0. The first-order valence-electron chi connectivity index (χ1n) is 4.22. The number of allylic oxidation sites excluding steroid dienone is 2. The maximum atomic E-state index is 10.4. The fourth-order valence-corrected chi connectivity index (χ4v) is 0. The van der Waals surface area contributed by atoms with E-state index in [0.717, 1.165) is 0 Å². The number of hydrogen-bond acceptors (Lipinski definition) is 0. The van der Waals surface area contributed by atoms with Gasteiger partial charge in [0.1, 0.15) is 0 Å². The minimum absolute atomic E-state index is 0.188. The van der Waals surface area contributed by atoms with Crippen molar-refractivity contribution in [3.63, 3.8) is 0 Å². The molecule has 0 radical (unpaired) electrons. The van der Waals surface area contributed by atoms with Crippen LogP contribution in [0.25, 0.3) is 0 Å². The molecule has 0 saturated heterocycles. The van der Waals surface area contributed by atoms with Gasteiger partial charge >= 0.3 is 6.18 Å². The Bertz CT molecular complexity index is 70.7. The molecule has 0 aliphatic heterocycles. The van der Waals surface area contributed by atoms with Gasteiger partial charge in [0, 0.05) is 6.92 Å². The Balaban J connectivity index is -0.0000000457. The Kier molecular flexibility index (Phi) is 39.4. The number of halogens is 3. The molecule has 0 aliphatic carbocycles. The predicted octanol–water partition coefficient (Wildman–Crippen LogP) is 4.98. The Morgan fingerprint density at radius 1 is 0.846 bits per heavy atom. The van der Waals surface area contributed by atoms with Gasteiger partial charge in [0.2, 0.25) is 0 Å². The van der Waals surface area contributed by atoms with Crippen LogP contribution >= 0.6 is 0 Å². The average Bonchev–Trinajstić information content (AvgIpc) is 2.08. The Morgan fingerprint density at radius 2 is 0.923 bits per heavy atom. The molecule has 0 spiro atoms. The Labute approximate surface area is 80.2 Å². The van der Waals surface area contributed by atoms with E-state index in [4.69, 9.17) is 0 Å². The van der Waals surface area contributed by atoms with E-state index in [2.05, 4.69) is 13.2 Å². The van der Waals surface area contributed by atoms with Gasteiger partial charge in [-0.25, -0.2) is 0 Å². The Hall–Kier alpha value is -0.730. The third kappa shape index (κ3) is 13300. The molecule has 0 aromatic rings. The molecule has 0 unspecified atom stereocenters. The highest BCUT2D eigenvalue weighted by molar-refractivity contribution is 4.88. The molecular weight excluding hydrogens is 177 g/mol. The molecule has 82 valence electrons. The van der Waals surface area contributed by atoms with Crippen molar-refractivity contribution < 1.29 is 13.2 Å². The molecule has 0 aromatic heterocycles. The first-order valence-corrected chi connectivity index (χ1v) is 4.22. The first-order chi connectivity index (χ1) is 5.91. The van der Waals surface area contributed by atoms with Crippen LogP contribution in [0.5, 0.6) is 0 Å². The van der Waals surface area contributed by atoms with Crippen LogP contribution in [0.15, 0.2) is 25.3 Å². The lowest BCUT2D eigenvalue weighted by atomic mass is 10.6. The summed E-state index contributed by atoms with van der Waals surface area (Å²) >= 11 is 0. The lowest BCUT2D eigenvalue weighted by molar-refractivity contribution is -0.110. The normalized spacial score (nSPS) is 7.08. The summed E-state index contributed by atoms with van der Waals surface area (Å²) in [7, 11) is 0. The molecule has 0 saturated carbocycles. The molecule has 0 heterocycles. The lowest BCUT2D eigenvalue weighted by Gasteiger charge is -1.88. The molecule has 0 amide bonds. The second kappa shape index (κ2) is 22.5. The van der Waals surface area contributed by atoms with E-state index in [0.29, 0.717) is 0 Å². The summed E-state index contributed by atoms with van der Waals surface area (Å²) in [6, 6.07) is 0. The fourth-order valence-electron chi connectivity index (χ4n) is 0. The van der Waals surface area contributed by atoms with Crippen molar-refractivity contribution in [1.29, 1.82) is 0 Å². The number of alkyl halides is 3. The fraction of sp³-hybridized carbons (Fsp3) is 0.600. The molecule has 0 nitrogen and oxygen atoms in total. The second-order valence-corrected chi connectivity index (χ2v) is 1.25. The van der Waals surface area contributed by atoms with Crippen LogP contribution < -0.4 is 0 Å². The standard InChI is InChI=1S/C4H6.C2H3F3.2C2H6/c1-3-4-2;1-2(3,4)5;2*1-2/h3-4H,1-2H2;1H3;2*1-2H3. The second-order valence-electron chi connectivity index (χ2n) is 1.25. The largest absolute Gasteiger partial charge is 0.386 e. The van der Waals surface area contributed by atoms with Crippen LogP contribution in [0.3, 0.4) is 0 Å². The van der Waals surface area contributed by atoms with E-state index in [1.54, 1.807) is 12.2 Å². The van der Waals surface area contributed by atoms with E-state index in [1.165, 1.54) is 0 Å². The minimum atomic E-state index is -4.00. The van der Waals surface area contributed by atoms with Crippen molar-refractivity contribution >= 4 is 0 Å². The smallest absolute Gasteiger partial charge is 0.172 e. The van der Waals surface area contributed by atoms with Crippen LogP contribution in [0, 0.1) is 0 Å². The third-order valence-electron chi connectivity index (χ3n) is 0.167. The highest BCUT2D eigenvalue weighted by atomic mass is 19.4. The van der Waals surface area contributed by atoms with Gasteiger partial charge in [-0.3, -0.25) is 0 Å². The van der Waals surface area contributed by atoms with Gasteiger partial charge in [0.25, 0.3) is 0 Å². The monoisotopic (exact) mass is 198 g/mol. The van der Waals surface area contributed by atoms with Gasteiger partial charge in [-0.05, 0) is 0 Å². The summed E-state index contributed by atoms with van der Waals surface area (Å²) < 4.78 is 31.1. The van der Waals surface area contributed by atoms with Crippen molar-refractivity contribution in [2.45, 2.75) is 40.8 Å². The van der Waals surface area contributed by atoms with E-state index in [9.17, 15) is 13.2 Å². The van der Waals surface area contributed by atoms with Gasteiger partial charge in [-0.2, -0.15) is 13.2 Å². The maximum Gasteiger partial charge on any atom is 0.386 e. The van der Waals surface area contributed by atoms with Crippen LogP contribution in [0.1, 0.15) is 34.6 Å². The molecule has 0 rings (SSSR count). The molecule has 0 aromatic carbocycles. The van der Waals surface area contributed by atoms with Crippen LogP contribution in [-0.2, 0) is 0 Å². The highest BCUT2D eigenvalue weighted by Crippen LogP contribution is 2.10. The van der Waals surface area contributed by atoms with Gasteiger partial charge in [0.15, 0.2) is 0 Å². The predicted molar refractivity (Wildman–Crippen MR) is 54.8 cm³/mol. The van der Waals surface area contributed by atoms with Crippen molar-refractivity contribution in [2.24, 2.45) is 0 Å². The van der Waals surface area contributed by atoms with Crippen molar-refractivity contribution in [1.82, 2.24) is 0 Å². The van der Waals surface area contributed by atoms with Crippen LogP contribution in [0.4, 0.5) is 13.2 Å². The summed E-state index contributed by atoms with van der Waals surface area (Å²) in [5.74, 6) is 0. The summed E-state index contributed by atoms with van der Waals surface area (Å²) in [6.07, 6.45) is -0.722. The van der Waals surface area contributed by atoms with E-state index in [-0.39, 0.29) is 6.92 Å². The molecule has 13 heavy (non-hydrogen) atoms. The number of hydrogen-bond donors (Lipinski definition) is 0. The average molecular weight is 198 g/mol. The zero-order valence-corrected chi connectivity index (χ0v) is 9.20. The molecule has 3 heteroatoms. The molecule has 0 N–H and O–H groups in total. The molecular formula is C10H21F3. The third-order valence-corrected chi connectivity index (χ3v) is 0.167. The topological polar surface area (TPSA) is 0 Å².